The SMILES string of the molecule is Cc1ccc(Cl)c(OC(C)C(=O)N2CCCN(C3CC3)CC2)c1. The topological polar surface area (TPSA) is 32.8 Å². The molecular formula is C18H25ClN2O2. The molecule has 5 heteroatoms. The molecule has 23 heavy (non-hydrogen) atoms. The predicted molar refractivity (Wildman–Crippen MR) is 92.1 cm³/mol. The number of nitrogens with zero attached hydrogens (tertiary/aromatic N) is 2. The van der Waals surface area contributed by atoms with Gasteiger partial charge in [0.2, 0.25) is 0 Å². The summed E-state index contributed by atoms with van der Waals surface area (Å²) < 4.78 is 5.83. The van der Waals surface area contributed by atoms with Crippen molar-refractivity contribution in [3.8, 4) is 5.75 Å². The summed E-state index contributed by atoms with van der Waals surface area (Å²) in [5.41, 5.74) is 1.07. The molecule has 126 valence electrons. The highest BCUT2D eigenvalue weighted by molar-refractivity contribution is 6.32. The van der Waals surface area contributed by atoms with E-state index in [1.165, 1.54) is 12.8 Å². The molecule has 1 saturated heterocycles. The number of rotatable bonds is 4. The van der Waals surface area contributed by atoms with Crippen molar-refractivity contribution in [3.05, 3.63) is 28.8 Å². The molecule has 0 N–H and O–H groups in total. The smallest absolute Gasteiger partial charge is 0.263 e. The van der Waals surface area contributed by atoms with Gasteiger partial charge >= 0.3 is 0 Å². The van der Waals surface area contributed by atoms with Crippen LogP contribution in [0.15, 0.2) is 18.2 Å². The fourth-order valence-corrected chi connectivity index (χ4v) is 3.32. The maximum absolute atomic E-state index is 12.7. The third kappa shape index (κ3) is 4.18. The summed E-state index contributed by atoms with van der Waals surface area (Å²) in [6.45, 7) is 7.49. The van der Waals surface area contributed by atoms with Crippen LogP contribution in [0.25, 0.3) is 0 Å². The van der Waals surface area contributed by atoms with Gasteiger partial charge in [-0.15, -0.1) is 0 Å². The molecule has 3 rings (SSSR count). The molecule has 1 aliphatic heterocycles. The van der Waals surface area contributed by atoms with E-state index in [0.29, 0.717) is 10.8 Å². The van der Waals surface area contributed by atoms with Gasteiger partial charge in [-0.05, 0) is 50.8 Å². The van der Waals surface area contributed by atoms with Crippen LogP contribution in [-0.4, -0.2) is 54.0 Å². The first-order chi connectivity index (χ1) is 11.0. The van der Waals surface area contributed by atoms with Crippen molar-refractivity contribution in [2.24, 2.45) is 0 Å². The zero-order valence-electron chi connectivity index (χ0n) is 13.9. The molecule has 1 unspecified atom stereocenters. The summed E-state index contributed by atoms with van der Waals surface area (Å²) in [5.74, 6) is 0.641. The van der Waals surface area contributed by atoms with E-state index in [0.717, 1.165) is 44.2 Å². The van der Waals surface area contributed by atoms with Crippen LogP contribution >= 0.6 is 11.6 Å². The molecule has 0 aromatic heterocycles. The highest BCUT2D eigenvalue weighted by Gasteiger charge is 2.32. The molecule has 4 nitrogen and oxygen atoms in total. The van der Waals surface area contributed by atoms with Crippen molar-refractivity contribution >= 4 is 17.5 Å². The van der Waals surface area contributed by atoms with Crippen LogP contribution in [-0.2, 0) is 4.79 Å². The van der Waals surface area contributed by atoms with Crippen molar-refractivity contribution in [3.63, 3.8) is 0 Å². The summed E-state index contributed by atoms with van der Waals surface area (Å²) in [6.07, 6.45) is 3.17. The first kappa shape index (κ1) is 16.6. The van der Waals surface area contributed by atoms with Gasteiger partial charge in [0.15, 0.2) is 6.10 Å². The lowest BCUT2D eigenvalue weighted by atomic mass is 10.2. The molecule has 1 aliphatic carbocycles. The Morgan fingerprint density at radius 1 is 1.26 bits per heavy atom. The van der Waals surface area contributed by atoms with E-state index in [2.05, 4.69) is 4.90 Å². The van der Waals surface area contributed by atoms with Crippen LogP contribution in [0.1, 0.15) is 31.7 Å². The van der Waals surface area contributed by atoms with Gasteiger partial charge in [0.1, 0.15) is 5.75 Å². The second-order valence-corrected chi connectivity index (χ2v) is 7.05. The van der Waals surface area contributed by atoms with Gasteiger partial charge in [0.05, 0.1) is 5.02 Å². The molecule has 1 aromatic carbocycles. The number of ether oxygens (including phenoxy) is 1. The van der Waals surface area contributed by atoms with E-state index in [-0.39, 0.29) is 5.91 Å². The fourth-order valence-electron chi connectivity index (χ4n) is 3.16. The van der Waals surface area contributed by atoms with Crippen LogP contribution in [0, 0.1) is 6.92 Å². The van der Waals surface area contributed by atoms with E-state index < -0.39 is 6.10 Å². The molecule has 1 heterocycles. The molecular weight excluding hydrogens is 312 g/mol. The predicted octanol–water partition coefficient (Wildman–Crippen LogP) is 3.11. The molecule has 0 spiro atoms. The molecule has 0 radical (unpaired) electrons. The van der Waals surface area contributed by atoms with Gasteiger partial charge in [-0.1, -0.05) is 17.7 Å². The molecule has 1 amide bonds. The largest absolute Gasteiger partial charge is 0.479 e. The van der Waals surface area contributed by atoms with Gasteiger partial charge in [-0.25, -0.2) is 0 Å². The number of hydrogen-bond donors (Lipinski definition) is 0. The van der Waals surface area contributed by atoms with E-state index in [1.807, 2.05) is 36.9 Å². The van der Waals surface area contributed by atoms with E-state index in [4.69, 9.17) is 16.3 Å². The Kier molecular flexibility index (Phi) is 5.12. The monoisotopic (exact) mass is 336 g/mol. The first-order valence-corrected chi connectivity index (χ1v) is 8.88. The van der Waals surface area contributed by atoms with E-state index in [9.17, 15) is 4.79 Å². The van der Waals surface area contributed by atoms with E-state index in [1.54, 1.807) is 0 Å². The summed E-state index contributed by atoms with van der Waals surface area (Å²) >= 11 is 6.16. The zero-order valence-corrected chi connectivity index (χ0v) is 14.7. The Morgan fingerprint density at radius 3 is 2.78 bits per heavy atom. The van der Waals surface area contributed by atoms with Gasteiger partial charge in [-0.3, -0.25) is 9.69 Å². The number of benzene rings is 1. The Labute approximate surface area is 143 Å². The van der Waals surface area contributed by atoms with Crippen molar-refractivity contribution in [2.45, 2.75) is 45.3 Å². The van der Waals surface area contributed by atoms with Gasteiger partial charge in [0.25, 0.3) is 5.91 Å². The quantitative estimate of drug-likeness (QED) is 0.847. The lowest BCUT2D eigenvalue weighted by Crippen LogP contribution is -2.42. The van der Waals surface area contributed by atoms with Gasteiger partial charge < -0.3 is 9.64 Å². The molecule has 2 fully saturated rings. The summed E-state index contributed by atoms with van der Waals surface area (Å²) in [7, 11) is 0. The standard InChI is InChI=1S/C18H25ClN2O2/c1-13-4-7-16(19)17(12-13)23-14(2)18(22)21-9-3-8-20(10-11-21)15-5-6-15/h4,7,12,14-15H,3,5-6,8-11H2,1-2H3. The zero-order chi connectivity index (χ0) is 16.4. The molecule has 1 atom stereocenters. The number of carbonyl (C=O) groups is 1. The minimum absolute atomic E-state index is 0.0558. The lowest BCUT2D eigenvalue weighted by molar-refractivity contribution is -0.137. The Hall–Kier alpha value is -1.26. The molecule has 0 bridgehead atoms. The minimum Gasteiger partial charge on any atom is -0.479 e. The lowest BCUT2D eigenvalue weighted by Gasteiger charge is -2.25. The minimum atomic E-state index is -0.512. The summed E-state index contributed by atoms with van der Waals surface area (Å²) in [4.78, 5) is 17.1. The van der Waals surface area contributed by atoms with Crippen molar-refractivity contribution in [2.75, 3.05) is 26.2 Å². The fraction of sp³-hybridized carbons (Fsp3) is 0.611. The molecule has 1 saturated carbocycles. The second-order valence-electron chi connectivity index (χ2n) is 6.64. The van der Waals surface area contributed by atoms with Crippen LogP contribution in [0.5, 0.6) is 5.75 Å². The third-order valence-electron chi connectivity index (χ3n) is 4.64. The van der Waals surface area contributed by atoms with Crippen LogP contribution < -0.4 is 4.74 Å². The first-order valence-electron chi connectivity index (χ1n) is 8.50. The number of hydrogen-bond acceptors (Lipinski definition) is 3. The summed E-state index contributed by atoms with van der Waals surface area (Å²) in [6, 6.07) is 6.39. The average molecular weight is 337 g/mol. The van der Waals surface area contributed by atoms with Crippen molar-refractivity contribution in [1.82, 2.24) is 9.80 Å². The van der Waals surface area contributed by atoms with E-state index >= 15 is 0 Å². The van der Waals surface area contributed by atoms with Crippen LogP contribution in [0.3, 0.4) is 0 Å². The summed E-state index contributed by atoms with van der Waals surface area (Å²) in [5, 5.41) is 0.547. The molecule has 2 aliphatic rings. The van der Waals surface area contributed by atoms with Crippen molar-refractivity contribution < 1.29 is 9.53 Å². The normalized spacial score (nSPS) is 20.9. The number of carbonyl (C=O) groups excluding carboxylic acids is 1. The highest BCUT2D eigenvalue weighted by Crippen LogP contribution is 2.28. The average Bonchev–Trinajstić information content (AvgIpc) is 3.35. The third-order valence-corrected chi connectivity index (χ3v) is 4.96. The number of aryl methyl sites for hydroxylation is 1. The molecule has 1 aromatic rings. The maximum Gasteiger partial charge on any atom is 0.263 e. The van der Waals surface area contributed by atoms with Crippen molar-refractivity contribution in [1.29, 1.82) is 0 Å². The second kappa shape index (κ2) is 7.10. The Bertz CT molecular complexity index is 574. The number of halogens is 1. The van der Waals surface area contributed by atoms with Gasteiger partial charge in [-0.2, -0.15) is 0 Å². The number of amides is 1. The highest BCUT2D eigenvalue weighted by atomic mass is 35.5. The Balaban J connectivity index is 1.59. The van der Waals surface area contributed by atoms with Gasteiger partial charge in [0, 0.05) is 32.2 Å². The van der Waals surface area contributed by atoms with Crippen LogP contribution in [0.4, 0.5) is 0 Å². The Morgan fingerprint density at radius 2 is 2.04 bits per heavy atom. The maximum atomic E-state index is 12.7. The van der Waals surface area contributed by atoms with Crippen LogP contribution in [0.2, 0.25) is 5.02 Å².